The van der Waals surface area contributed by atoms with Crippen LogP contribution in [0.25, 0.3) is 0 Å². The van der Waals surface area contributed by atoms with Crippen molar-refractivity contribution in [2.24, 2.45) is 0 Å². The first-order valence-corrected chi connectivity index (χ1v) is 4.90. The molecule has 0 heterocycles. The molecule has 1 aromatic rings. The van der Waals surface area contributed by atoms with Crippen LogP contribution in [0.1, 0.15) is 18.1 Å². The summed E-state index contributed by atoms with van der Waals surface area (Å²) in [7, 11) is -2.14. The molecule has 1 rings (SSSR count). The molecule has 0 fully saturated rings. The van der Waals surface area contributed by atoms with E-state index in [4.69, 9.17) is 10.6 Å². The molecule has 0 aliphatic rings. The fourth-order valence-electron chi connectivity index (χ4n) is 0.902. The highest BCUT2D eigenvalue weighted by molar-refractivity contribution is 7.38. The smallest absolute Gasteiger partial charge is 0.399 e. The number of rotatable bonds is 2. The molecule has 0 saturated carbocycles. The highest BCUT2D eigenvalue weighted by atomic mass is 31.1. The van der Waals surface area contributed by atoms with E-state index in [9.17, 15) is 4.57 Å². The second-order valence-corrected chi connectivity index (χ2v) is 4.02. The second-order valence-electron chi connectivity index (χ2n) is 2.65. The lowest BCUT2D eigenvalue weighted by molar-refractivity contribution is 0.493. The lowest BCUT2D eigenvalue weighted by Gasteiger charge is -1.98. The van der Waals surface area contributed by atoms with Crippen LogP contribution in [0.5, 0.6) is 0 Å². The van der Waals surface area contributed by atoms with Crippen molar-refractivity contribution in [2.45, 2.75) is 12.6 Å². The highest BCUT2D eigenvalue weighted by Crippen LogP contribution is 2.36. The van der Waals surface area contributed by atoms with Gasteiger partial charge in [-0.3, -0.25) is 0 Å². The van der Waals surface area contributed by atoms with Gasteiger partial charge in [0.2, 0.25) is 5.66 Å². The molecule has 4 heteroatoms. The van der Waals surface area contributed by atoms with E-state index < -0.39 is 8.03 Å². The third kappa shape index (κ3) is 2.03. The Morgan fingerprint density at radius 1 is 1.42 bits per heavy atom. The van der Waals surface area contributed by atoms with Gasteiger partial charge < -0.3 is 5.73 Å². The van der Waals surface area contributed by atoms with Crippen molar-refractivity contribution in [2.75, 3.05) is 5.73 Å². The van der Waals surface area contributed by atoms with Crippen LogP contribution in [0, 0.1) is 0 Å². The van der Waals surface area contributed by atoms with E-state index in [-0.39, 0.29) is 5.66 Å². The van der Waals surface area contributed by atoms with Crippen LogP contribution in [-0.4, -0.2) is 4.89 Å². The Labute approximate surface area is 72.1 Å². The maximum absolute atomic E-state index is 10.7. The van der Waals surface area contributed by atoms with Crippen LogP contribution in [-0.2, 0) is 4.57 Å². The summed E-state index contributed by atoms with van der Waals surface area (Å²) in [6.07, 6.45) is 0. The van der Waals surface area contributed by atoms with E-state index >= 15 is 0 Å². The van der Waals surface area contributed by atoms with E-state index in [0.717, 1.165) is 5.56 Å². The van der Waals surface area contributed by atoms with E-state index in [2.05, 4.69) is 0 Å². The van der Waals surface area contributed by atoms with Crippen molar-refractivity contribution in [3.63, 3.8) is 0 Å². The summed E-state index contributed by atoms with van der Waals surface area (Å²) >= 11 is 0. The van der Waals surface area contributed by atoms with Gasteiger partial charge in [-0.05, 0) is 23.6 Å². The van der Waals surface area contributed by atoms with Gasteiger partial charge in [0.05, 0.1) is 0 Å². The average Bonchev–Trinajstić information content (AvgIpc) is 2.04. The first kappa shape index (κ1) is 9.17. The Morgan fingerprint density at radius 2 is 1.92 bits per heavy atom. The molecule has 64 valence electrons. The summed E-state index contributed by atoms with van der Waals surface area (Å²) in [5.41, 5.74) is 6.66. The zero-order valence-electron chi connectivity index (χ0n) is 6.77. The monoisotopic (exact) mass is 184 g/mol. The Morgan fingerprint density at radius 3 is 2.33 bits per heavy atom. The minimum atomic E-state index is -2.14. The van der Waals surface area contributed by atoms with Crippen molar-refractivity contribution in [1.82, 2.24) is 0 Å². The third-order valence-electron chi connectivity index (χ3n) is 1.75. The number of anilines is 1. The SMILES string of the molecule is CC(c1ccc(N)cc1)[P+](=O)O. The zero-order valence-corrected chi connectivity index (χ0v) is 7.66. The first-order chi connectivity index (χ1) is 5.61. The highest BCUT2D eigenvalue weighted by Gasteiger charge is 2.24. The number of hydrogen-bond donors (Lipinski definition) is 2. The van der Waals surface area contributed by atoms with E-state index in [1.165, 1.54) is 0 Å². The van der Waals surface area contributed by atoms with Gasteiger partial charge in [-0.1, -0.05) is 12.1 Å². The van der Waals surface area contributed by atoms with Gasteiger partial charge in [0.25, 0.3) is 0 Å². The van der Waals surface area contributed by atoms with Crippen LogP contribution in [0.2, 0.25) is 0 Å². The molecule has 2 atom stereocenters. The van der Waals surface area contributed by atoms with Crippen molar-refractivity contribution >= 4 is 13.7 Å². The minimum absolute atomic E-state index is 0.319. The van der Waals surface area contributed by atoms with Crippen molar-refractivity contribution in [1.29, 1.82) is 0 Å². The van der Waals surface area contributed by atoms with Gasteiger partial charge in [-0.25, -0.2) is 0 Å². The lowest BCUT2D eigenvalue weighted by atomic mass is 10.1. The number of hydrogen-bond acceptors (Lipinski definition) is 2. The van der Waals surface area contributed by atoms with Crippen LogP contribution < -0.4 is 5.73 Å². The number of benzene rings is 1. The predicted octanol–water partition coefficient (Wildman–Crippen LogP) is 2.06. The molecule has 0 bridgehead atoms. The molecule has 0 spiro atoms. The molecule has 0 aliphatic carbocycles. The molecular weight excluding hydrogens is 173 g/mol. The van der Waals surface area contributed by atoms with Crippen molar-refractivity contribution in [3.05, 3.63) is 29.8 Å². The molecule has 12 heavy (non-hydrogen) atoms. The van der Waals surface area contributed by atoms with Crippen LogP contribution >= 0.6 is 8.03 Å². The molecular formula is C8H11NO2P+. The minimum Gasteiger partial charge on any atom is -0.399 e. The molecule has 2 unspecified atom stereocenters. The molecule has 3 nitrogen and oxygen atoms in total. The molecule has 0 saturated heterocycles. The third-order valence-corrected chi connectivity index (χ3v) is 2.71. The quantitative estimate of drug-likeness (QED) is 0.546. The van der Waals surface area contributed by atoms with Crippen LogP contribution in [0.4, 0.5) is 5.69 Å². The molecule has 0 aromatic heterocycles. The standard InChI is InChI=1S/C8H10NO2P/c1-6(12(10)11)7-2-4-8(9)5-3-7/h2-6H,9H2,1H3/p+1. The summed E-state index contributed by atoms with van der Waals surface area (Å²) < 4.78 is 10.7. The Kier molecular flexibility index (Phi) is 2.79. The van der Waals surface area contributed by atoms with Gasteiger partial charge in [0, 0.05) is 11.3 Å². The fraction of sp³-hybridized carbons (Fsp3) is 0.250. The molecule has 1 aromatic carbocycles. The maximum atomic E-state index is 10.7. The van der Waals surface area contributed by atoms with Gasteiger partial charge in [-0.2, -0.15) is 4.89 Å². The maximum Gasteiger partial charge on any atom is 0.513 e. The van der Waals surface area contributed by atoms with Crippen LogP contribution in [0.15, 0.2) is 24.3 Å². The Bertz CT molecular complexity index is 284. The van der Waals surface area contributed by atoms with Crippen LogP contribution in [0.3, 0.4) is 0 Å². The van der Waals surface area contributed by atoms with E-state index in [1.54, 1.807) is 31.2 Å². The zero-order chi connectivity index (χ0) is 9.14. The topological polar surface area (TPSA) is 63.3 Å². The Balaban J connectivity index is 2.89. The van der Waals surface area contributed by atoms with Crippen molar-refractivity contribution in [3.8, 4) is 0 Å². The summed E-state index contributed by atoms with van der Waals surface area (Å²) in [6.45, 7) is 1.71. The summed E-state index contributed by atoms with van der Waals surface area (Å²) in [5.74, 6) is 0. The van der Waals surface area contributed by atoms with E-state index in [0.29, 0.717) is 5.69 Å². The average molecular weight is 184 g/mol. The number of nitrogens with two attached hydrogens (primary N) is 1. The summed E-state index contributed by atoms with van der Waals surface area (Å²) in [6, 6.07) is 6.99. The van der Waals surface area contributed by atoms with Gasteiger partial charge >= 0.3 is 8.03 Å². The summed E-state index contributed by atoms with van der Waals surface area (Å²) in [5, 5.41) is 0. The first-order valence-electron chi connectivity index (χ1n) is 3.62. The largest absolute Gasteiger partial charge is 0.513 e. The van der Waals surface area contributed by atoms with Gasteiger partial charge in [0.1, 0.15) is 0 Å². The second kappa shape index (κ2) is 3.65. The van der Waals surface area contributed by atoms with Gasteiger partial charge in [0.15, 0.2) is 0 Å². The molecule has 0 amide bonds. The normalized spacial score (nSPS) is 14.0. The molecule has 3 N–H and O–H groups in total. The fourth-order valence-corrected chi connectivity index (χ4v) is 1.33. The number of nitrogen functional groups attached to an aromatic ring is 1. The lowest BCUT2D eigenvalue weighted by Crippen LogP contribution is -1.89. The molecule has 0 radical (unpaired) electrons. The van der Waals surface area contributed by atoms with Crippen molar-refractivity contribution < 1.29 is 9.46 Å². The Hall–Kier alpha value is -0.920. The van der Waals surface area contributed by atoms with E-state index in [1.807, 2.05) is 0 Å². The predicted molar refractivity (Wildman–Crippen MR) is 49.1 cm³/mol. The summed E-state index contributed by atoms with van der Waals surface area (Å²) in [4.78, 5) is 8.82. The molecule has 0 aliphatic heterocycles. The van der Waals surface area contributed by atoms with Gasteiger partial charge in [-0.15, -0.1) is 0 Å².